The van der Waals surface area contributed by atoms with Crippen molar-refractivity contribution < 1.29 is 37.9 Å². The van der Waals surface area contributed by atoms with Gasteiger partial charge in [0.1, 0.15) is 6.61 Å². The molecule has 0 aliphatic heterocycles. The molecule has 0 fully saturated rings. The maximum absolute atomic E-state index is 12.2. The number of phosphoric acid groups is 1. The molecule has 0 rings (SSSR count). The first kappa shape index (κ1) is 40.8. The van der Waals surface area contributed by atoms with Gasteiger partial charge < -0.3 is 28.3 Å². The van der Waals surface area contributed by atoms with E-state index in [0.717, 1.165) is 51.4 Å². The number of hydrogen-bond acceptors (Lipinski definition) is 8. The van der Waals surface area contributed by atoms with Crippen LogP contribution in [0.15, 0.2) is 12.2 Å². The second-order valence-electron chi connectivity index (χ2n) is 11.5. The third-order valence-corrected chi connectivity index (χ3v) is 7.74. The zero-order chi connectivity index (χ0) is 31.2. The van der Waals surface area contributed by atoms with E-state index in [-0.39, 0.29) is 19.4 Å². The summed E-state index contributed by atoms with van der Waals surface area (Å²) >= 11 is 0. The highest BCUT2D eigenvalue weighted by Gasteiger charge is 2.18. The second-order valence-corrected chi connectivity index (χ2v) is 12.6. The first-order valence-corrected chi connectivity index (χ1v) is 18.4. The van der Waals surface area contributed by atoms with Gasteiger partial charge in [-0.2, -0.15) is 0 Å². The van der Waals surface area contributed by atoms with E-state index < -0.39 is 32.5 Å². The van der Waals surface area contributed by atoms with E-state index in [1.807, 2.05) is 0 Å². The zero-order valence-electron chi connectivity index (χ0n) is 26.8. The van der Waals surface area contributed by atoms with E-state index in [4.69, 9.17) is 9.47 Å². The number of hydrogen-bond donors (Lipinski definition) is 0. The fourth-order valence-corrected chi connectivity index (χ4v) is 5.06. The highest BCUT2D eigenvalue weighted by Crippen LogP contribution is 2.25. The van der Waals surface area contributed by atoms with E-state index in [2.05, 4.69) is 30.5 Å². The molecule has 0 amide bonds. The van der Waals surface area contributed by atoms with Crippen LogP contribution in [0.2, 0.25) is 0 Å². The Labute approximate surface area is 257 Å². The molecule has 0 saturated heterocycles. The molecule has 0 unspecified atom stereocenters. The van der Waals surface area contributed by atoms with Crippen molar-refractivity contribution in [2.45, 2.75) is 174 Å². The number of allylic oxidation sites excluding steroid dienone is 2. The topological polar surface area (TPSA) is 125 Å². The van der Waals surface area contributed by atoms with Gasteiger partial charge in [-0.05, 0) is 38.5 Å². The number of esters is 2. The maximum Gasteiger partial charge on any atom is 0.306 e. The Balaban J connectivity index is 3.98. The quantitative estimate of drug-likeness (QED) is 0.0330. The van der Waals surface area contributed by atoms with Crippen LogP contribution in [0.3, 0.4) is 0 Å². The molecular formula is C33H61O8P-2. The summed E-state index contributed by atoms with van der Waals surface area (Å²) in [6.07, 6.45) is 29.0. The van der Waals surface area contributed by atoms with Gasteiger partial charge in [-0.25, -0.2) is 0 Å². The molecule has 1 atom stereocenters. The highest BCUT2D eigenvalue weighted by atomic mass is 31.2. The molecule has 0 radical (unpaired) electrons. The number of carbonyl (C=O) groups excluding carboxylic acids is 2. The summed E-state index contributed by atoms with van der Waals surface area (Å²) < 4.78 is 25.6. The number of carbonyl (C=O) groups is 2. The number of phosphoric ester groups is 1. The standard InChI is InChI=1S/C33H63O8P/c1-3-5-7-9-11-13-14-15-16-17-18-20-21-23-25-27-32(34)39-29-31(30-40-42(36,37)38)41-33(35)28-26-24-22-19-12-10-8-6-4-2/h15-16,31H,3-14,17-30H2,1-2H3,(H2,36,37,38)/p-2/b16-15-/t31-/m1/s1. The molecule has 0 aromatic rings. The number of ether oxygens (including phenoxy) is 2. The van der Waals surface area contributed by atoms with Crippen molar-refractivity contribution in [1.82, 2.24) is 0 Å². The Morgan fingerprint density at radius 3 is 1.45 bits per heavy atom. The van der Waals surface area contributed by atoms with Crippen molar-refractivity contribution in [1.29, 1.82) is 0 Å². The molecule has 0 N–H and O–H groups in total. The molecule has 0 bridgehead atoms. The van der Waals surface area contributed by atoms with Gasteiger partial charge in [-0.1, -0.05) is 129 Å². The number of unbranched alkanes of at least 4 members (excludes halogenated alkanes) is 19. The highest BCUT2D eigenvalue weighted by molar-refractivity contribution is 7.43. The minimum Gasteiger partial charge on any atom is -0.790 e. The Hall–Kier alpha value is -1.21. The van der Waals surface area contributed by atoms with Crippen LogP contribution in [-0.4, -0.2) is 31.3 Å². The predicted molar refractivity (Wildman–Crippen MR) is 166 cm³/mol. The van der Waals surface area contributed by atoms with Crippen LogP contribution in [0.1, 0.15) is 168 Å². The Morgan fingerprint density at radius 2 is 1.00 bits per heavy atom. The largest absolute Gasteiger partial charge is 0.790 e. The monoisotopic (exact) mass is 616 g/mol. The van der Waals surface area contributed by atoms with Gasteiger partial charge in [0.25, 0.3) is 0 Å². The summed E-state index contributed by atoms with van der Waals surface area (Å²) in [6.45, 7) is 3.44. The van der Waals surface area contributed by atoms with Gasteiger partial charge in [-0.3, -0.25) is 9.59 Å². The molecule has 0 aliphatic rings. The lowest BCUT2D eigenvalue weighted by Gasteiger charge is -2.30. The van der Waals surface area contributed by atoms with E-state index >= 15 is 0 Å². The third kappa shape index (κ3) is 31.7. The van der Waals surface area contributed by atoms with Crippen molar-refractivity contribution in [2.24, 2.45) is 0 Å². The lowest BCUT2D eigenvalue weighted by atomic mass is 10.1. The molecule has 9 heteroatoms. The van der Waals surface area contributed by atoms with Crippen LogP contribution in [0.25, 0.3) is 0 Å². The van der Waals surface area contributed by atoms with Gasteiger partial charge in [0.05, 0.1) is 14.4 Å². The third-order valence-electron chi connectivity index (χ3n) is 7.27. The molecule has 0 aromatic carbocycles. The van der Waals surface area contributed by atoms with Crippen molar-refractivity contribution in [3.63, 3.8) is 0 Å². The van der Waals surface area contributed by atoms with Crippen LogP contribution >= 0.6 is 7.82 Å². The molecule has 0 aromatic heterocycles. The summed E-state index contributed by atoms with van der Waals surface area (Å²) in [5.41, 5.74) is 0. The molecule has 0 spiro atoms. The molecule has 0 heterocycles. The maximum atomic E-state index is 12.2. The fourth-order valence-electron chi connectivity index (χ4n) is 4.71. The van der Waals surface area contributed by atoms with Gasteiger partial charge in [0, 0.05) is 12.8 Å². The lowest BCUT2D eigenvalue weighted by Crippen LogP contribution is -2.31. The van der Waals surface area contributed by atoms with Crippen LogP contribution in [-0.2, 0) is 28.2 Å². The molecule has 8 nitrogen and oxygen atoms in total. The average molecular weight is 617 g/mol. The summed E-state index contributed by atoms with van der Waals surface area (Å²) in [5, 5.41) is 0. The molecule has 0 saturated carbocycles. The minimum atomic E-state index is -5.24. The van der Waals surface area contributed by atoms with Crippen molar-refractivity contribution >= 4 is 19.8 Å². The van der Waals surface area contributed by atoms with E-state index in [1.165, 1.54) is 77.0 Å². The van der Waals surface area contributed by atoms with Gasteiger partial charge >= 0.3 is 11.9 Å². The Bertz CT molecular complexity index is 706. The summed E-state index contributed by atoms with van der Waals surface area (Å²) in [7, 11) is -5.24. The summed E-state index contributed by atoms with van der Waals surface area (Å²) in [6, 6.07) is 0. The normalized spacial score (nSPS) is 12.6. The van der Waals surface area contributed by atoms with Crippen LogP contribution in [0.4, 0.5) is 0 Å². The van der Waals surface area contributed by atoms with Gasteiger partial charge in [0.15, 0.2) is 6.10 Å². The van der Waals surface area contributed by atoms with Crippen molar-refractivity contribution in [3.05, 3.63) is 12.2 Å². The van der Waals surface area contributed by atoms with Crippen LogP contribution in [0, 0.1) is 0 Å². The van der Waals surface area contributed by atoms with Gasteiger partial charge in [0.2, 0.25) is 0 Å². The number of rotatable bonds is 31. The van der Waals surface area contributed by atoms with E-state index in [0.29, 0.717) is 12.8 Å². The summed E-state index contributed by atoms with van der Waals surface area (Å²) in [4.78, 5) is 46.1. The predicted octanol–water partition coefficient (Wildman–Crippen LogP) is 8.25. The molecular weight excluding hydrogens is 555 g/mol. The lowest BCUT2D eigenvalue weighted by molar-refractivity contribution is -0.343. The van der Waals surface area contributed by atoms with Crippen LogP contribution in [0.5, 0.6) is 0 Å². The fraction of sp³-hybridized carbons (Fsp3) is 0.879. The van der Waals surface area contributed by atoms with E-state index in [9.17, 15) is 23.9 Å². The Kier molecular flexibility index (Phi) is 29.0. The molecule has 248 valence electrons. The Morgan fingerprint density at radius 1 is 0.595 bits per heavy atom. The summed E-state index contributed by atoms with van der Waals surface area (Å²) in [5.74, 6) is -0.966. The second kappa shape index (κ2) is 29.8. The first-order chi connectivity index (χ1) is 20.3. The first-order valence-electron chi connectivity index (χ1n) is 16.9. The van der Waals surface area contributed by atoms with Crippen molar-refractivity contribution in [3.8, 4) is 0 Å². The van der Waals surface area contributed by atoms with Crippen molar-refractivity contribution in [2.75, 3.05) is 13.2 Å². The zero-order valence-corrected chi connectivity index (χ0v) is 27.7. The molecule has 42 heavy (non-hydrogen) atoms. The SMILES string of the molecule is CCCCCCCC/C=C\CCCCCCCC(=O)OC[C@H](COP(=O)([O-])[O-])OC(=O)CCCCCCCCCCC. The van der Waals surface area contributed by atoms with Gasteiger partial charge in [-0.15, -0.1) is 0 Å². The van der Waals surface area contributed by atoms with E-state index in [1.54, 1.807) is 0 Å². The molecule has 0 aliphatic carbocycles. The minimum absolute atomic E-state index is 0.182. The van der Waals surface area contributed by atoms with Crippen LogP contribution < -0.4 is 9.79 Å². The smallest absolute Gasteiger partial charge is 0.306 e. The average Bonchev–Trinajstić information content (AvgIpc) is 2.95.